The zero-order valence-corrected chi connectivity index (χ0v) is 19.2. The summed E-state index contributed by atoms with van der Waals surface area (Å²) >= 11 is 7.11. The molecule has 0 aliphatic rings. The second-order valence-electron chi connectivity index (χ2n) is 7.17. The molecule has 0 N–H and O–H groups in total. The van der Waals surface area contributed by atoms with Gasteiger partial charge in [-0.2, -0.15) is 0 Å². The topological polar surface area (TPSA) is 12.9 Å². The predicted octanol–water partition coefficient (Wildman–Crippen LogP) is 8.76. The molecular weight excluding hydrogens is 498 g/mol. The molecule has 0 aliphatic carbocycles. The minimum absolute atomic E-state index is 0.978. The molecule has 0 unspecified atom stereocenters. The first-order chi connectivity index (χ1) is 14.7. The molecule has 0 amide bonds. The molecule has 0 radical (unpaired) electrons. The SMILES string of the molecule is Brc1ccc(-c2ccc(-c3cc(-c4ccccc4)c4cc(Br)ccc4n3)cc2)cc1. The molecular formula is C27H17Br2N. The molecule has 5 aromatic rings. The van der Waals surface area contributed by atoms with Gasteiger partial charge in [-0.3, -0.25) is 0 Å². The number of hydrogen-bond donors (Lipinski definition) is 0. The highest BCUT2D eigenvalue weighted by molar-refractivity contribution is 9.10. The quantitative estimate of drug-likeness (QED) is 0.234. The highest BCUT2D eigenvalue weighted by Crippen LogP contribution is 2.34. The van der Waals surface area contributed by atoms with Crippen LogP contribution in [-0.2, 0) is 0 Å². The van der Waals surface area contributed by atoms with E-state index in [0.717, 1.165) is 31.1 Å². The fraction of sp³-hybridized carbons (Fsp3) is 0. The third kappa shape index (κ3) is 3.83. The molecule has 1 heterocycles. The maximum Gasteiger partial charge on any atom is 0.0716 e. The van der Waals surface area contributed by atoms with Crippen molar-refractivity contribution in [3.8, 4) is 33.5 Å². The highest BCUT2D eigenvalue weighted by atomic mass is 79.9. The maximum absolute atomic E-state index is 4.96. The van der Waals surface area contributed by atoms with Crippen LogP contribution in [-0.4, -0.2) is 4.98 Å². The summed E-state index contributed by atoms with van der Waals surface area (Å²) in [6, 6.07) is 36.0. The monoisotopic (exact) mass is 513 g/mol. The maximum atomic E-state index is 4.96. The van der Waals surface area contributed by atoms with E-state index in [0.29, 0.717) is 0 Å². The van der Waals surface area contributed by atoms with Crippen molar-refractivity contribution in [2.24, 2.45) is 0 Å². The van der Waals surface area contributed by atoms with Gasteiger partial charge in [-0.05, 0) is 58.7 Å². The second-order valence-corrected chi connectivity index (χ2v) is 9.00. The lowest BCUT2D eigenvalue weighted by Crippen LogP contribution is -1.90. The Morgan fingerprint density at radius 1 is 0.500 bits per heavy atom. The summed E-state index contributed by atoms with van der Waals surface area (Å²) in [5.74, 6) is 0. The van der Waals surface area contributed by atoms with Gasteiger partial charge in [0, 0.05) is 19.9 Å². The van der Waals surface area contributed by atoms with Crippen molar-refractivity contribution in [1.29, 1.82) is 0 Å². The van der Waals surface area contributed by atoms with Gasteiger partial charge in [0.05, 0.1) is 11.2 Å². The average molecular weight is 515 g/mol. The number of aromatic nitrogens is 1. The first-order valence-corrected chi connectivity index (χ1v) is 11.3. The van der Waals surface area contributed by atoms with Crippen LogP contribution in [0.4, 0.5) is 0 Å². The van der Waals surface area contributed by atoms with Gasteiger partial charge in [0.2, 0.25) is 0 Å². The predicted molar refractivity (Wildman–Crippen MR) is 133 cm³/mol. The minimum Gasteiger partial charge on any atom is -0.248 e. The van der Waals surface area contributed by atoms with Crippen LogP contribution in [0, 0.1) is 0 Å². The van der Waals surface area contributed by atoms with Gasteiger partial charge in [-0.25, -0.2) is 4.98 Å². The van der Waals surface area contributed by atoms with Gasteiger partial charge < -0.3 is 0 Å². The fourth-order valence-electron chi connectivity index (χ4n) is 3.68. The molecule has 0 bridgehead atoms. The number of benzene rings is 4. The first-order valence-electron chi connectivity index (χ1n) is 9.69. The van der Waals surface area contributed by atoms with Crippen molar-refractivity contribution in [1.82, 2.24) is 4.98 Å². The van der Waals surface area contributed by atoms with E-state index in [2.05, 4.69) is 123 Å². The zero-order valence-electron chi connectivity index (χ0n) is 16.0. The van der Waals surface area contributed by atoms with E-state index in [9.17, 15) is 0 Å². The number of hydrogen-bond acceptors (Lipinski definition) is 1. The Morgan fingerprint density at radius 2 is 1.10 bits per heavy atom. The Bertz CT molecular complexity index is 1330. The van der Waals surface area contributed by atoms with Gasteiger partial charge in [-0.15, -0.1) is 0 Å². The van der Waals surface area contributed by atoms with Gasteiger partial charge in [-0.1, -0.05) is 98.6 Å². The molecule has 4 aromatic carbocycles. The van der Waals surface area contributed by atoms with Crippen molar-refractivity contribution >= 4 is 42.8 Å². The molecule has 0 saturated carbocycles. The highest BCUT2D eigenvalue weighted by Gasteiger charge is 2.10. The van der Waals surface area contributed by atoms with Crippen LogP contribution in [0.2, 0.25) is 0 Å². The van der Waals surface area contributed by atoms with Crippen LogP contribution in [0.25, 0.3) is 44.4 Å². The molecule has 3 heteroatoms. The lowest BCUT2D eigenvalue weighted by Gasteiger charge is -2.11. The van der Waals surface area contributed by atoms with Crippen molar-refractivity contribution < 1.29 is 0 Å². The van der Waals surface area contributed by atoms with Crippen molar-refractivity contribution in [2.75, 3.05) is 0 Å². The first kappa shape index (κ1) is 19.2. The number of rotatable bonds is 3. The third-order valence-electron chi connectivity index (χ3n) is 5.21. The number of pyridine rings is 1. The molecule has 0 fully saturated rings. The standard InChI is InChI=1S/C27H17Br2N/c28-22-12-10-19(11-13-22)18-6-8-21(9-7-18)27-17-24(20-4-2-1-3-5-20)25-16-23(29)14-15-26(25)30-27/h1-17H. The van der Waals surface area contributed by atoms with Crippen molar-refractivity contribution in [3.05, 3.63) is 112 Å². The smallest absolute Gasteiger partial charge is 0.0716 e. The second kappa shape index (κ2) is 8.17. The Balaban J connectivity index is 1.62. The third-order valence-corrected chi connectivity index (χ3v) is 6.24. The van der Waals surface area contributed by atoms with E-state index in [1.165, 1.54) is 22.3 Å². The molecule has 0 atom stereocenters. The van der Waals surface area contributed by atoms with E-state index >= 15 is 0 Å². The minimum atomic E-state index is 0.978. The van der Waals surface area contributed by atoms with Crippen LogP contribution < -0.4 is 0 Å². The Kier molecular flexibility index (Phi) is 5.24. The molecule has 5 rings (SSSR count). The fourth-order valence-corrected chi connectivity index (χ4v) is 4.30. The summed E-state index contributed by atoms with van der Waals surface area (Å²) in [4.78, 5) is 4.96. The molecule has 0 aliphatic heterocycles. The molecule has 30 heavy (non-hydrogen) atoms. The summed E-state index contributed by atoms with van der Waals surface area (Å²) in [6.45, 7) is 0. The summed E-state index contributed by atoms with van der Waals surface area (Å²) in [5, 5.41) is 1.14. The summed E-state index contributed by atoms with van der Waals surface area (Å²) in [5.41, 5.74) is 7.85. The normalized spacial score (nSPS) is 11.0. The van der Waals surface area contributed by atoms with Gasteiger partial charge in [0.1, 0.15) is 0 Å². The summed E-state index contributed by atoms with van der Waals surface area (Å²) < 4.78 is 2.14. The van der Waals surface area contributed by atoms with Crippen LogP contribution in [0.15, 0.2) is 112 Å². The van der Waals surface area contributed by atoms with E-state index < -0.39 is 0 Å². The van der Waals surface area contributed by atoms with E-state index in [1.807, 2.05) is 12.1 Å². The zero-order chi connectivity index (χ0) is 20.5. The number of halogens is 2. The lowest BCUT2D eigenvalue weighted by molar-refractivity contribution is 1.39. The van der Waals surface area contributed by atoms with Crippen LogP contribution >= 0.6 is 31.9 Å². The molecule has 144 valence electrons. The number of nitrogens with zero attached hydrogens (tertiary/aromatic N) is 1. The molecule has 1 aromatic heterocycles. The Labute approximate surface area is 192 Å². The van der Waals surface area contributed by atoms with E-state index in [4.69, 9.17) is 4.98 Å². The van der Waals surface area contributed by atoms with Gasteiger partial charge in [0.25, 0.3) is 0 Å². The molecule has 1 nitrogen and oxygen atoms in total. The average Bonchev–Trinajstić information content (AvgIpc) is 2.80. The van der Waals surface area contributed by atoms with Crippen LogP contribution in [0.1, 0.15) is 0 Å². The lowest BCUT2D eigenvalue weighted by atomic mass is 9.97. The largest absolute Gasteiger partial charge is 0.248 e. The van der Waals surface area contributed by atoms with Crippen LogP contribution in [0.5, 0.6) is 0 Å². The number of fused-ring (bicyclic) bond motifs is 1. The van der Waals surface area contributed by atoms with Crippen LogP contribution in [0.3, 0.4) is 0 Å². The summed E-state index contributed by atoms with van der Waals surface area (Å²) in [6.07, 6.45) is 0. The van der Waals surface area contributed by atoms with Gasteiger partial charge in [0.15, 0.2) is 0 Å². The molecule has 0 spiro atoms. The van der Waals surface area contributed by atoms with E-state index in [-0.39, 0.29) is 0 Å². The molecule has 0 saturated heterocycles. The Morgan fingerprint density at radius 3 is 1.80 bits per heavy atom. The van der Waals surface area contributed by atoms with Crippen molar-refractivity contribution in [2.45, 2.75) is 0 Å². The van der Waals surface area contributed by atoms with Gasteiger partial charge >= 0.3 is 0 Å². The van der Waals surface area contributed by atoms with E-state index in [1.54, 1.807) is 0 Å². The Hall–Kier alpha value is -2.75. The summed E-state index contributed by atoms with van der Waals surface area (Å²) in [7, 11) is 0. The van der Waals surface area contributed by atoms with Crippen molar-refractivity contribution in [3.63, 3.8) is 0 Å².